The molecule has 1 aromatic heterocycles. The standard InChI is InChI=1S/C9H17N3/c1-8(11-5-4-10)9-3-6-12(2)7-9/h3,6-8,11H,4-5,10H2,1-2H3. The highest BCUT2D eigenvalue weighted by atomic mass is 14.9. The fraction of sp³-hybridized carbons (Fsp3) is 0.556. The Balaban J connectivity index is 2.47. The highest BCUT2D eigenvalue weighted by molar-refractivity contribution is 5.14. The molecule has 0 saturated carbocycles. The highest BCUT2D eigenvalue weighted by Crippen LogP contribution is 2.10. The Morgan fingerprint density at radius 2 is 2.42 bits per heavy atom. The first kappa shape index (κ1) is 9.29. The van der Waals surface area contributed by atoms with Crippen LogP contribution < -0.4 is 11.1 Å². The maximum Gasteiger partial charge on any atom is 0.0307 e. The van der Waals surface area contributed by atoms with E-state index in [1.807, 2.05) is 7.05 Å². The minimum absolute atomic E-state index is 0.398. The van der Waals surface area contributed by atoms with Crippen molar-refractivity contribution in [3.05, 3.63) is 24.0 Å². The number of rotatable bonds is 4. The summed E-state index contributed by atoms with van der Waals surface area (Å²) in [6, 6.07) is 2.52. The van der Waals surface area contributed by atoms with Crippen molar-refractivity contribution >= 4 is 0 Å². The molecule has 0 aromatic carbocycles. The predicted molar refractivity (Wildman–Crippen MR) is 50.9 cm³/mol. The molecule has 12 heavy (non-hydrogen) atoms. The fourth-order valence-corrected chi connectivity index (χ4v) is 1.20. The SMILES string of the molecule is CC(NCCN)c1ccn(C)c1. The van der Waals surface area contributed by atoms with Gasteiger partial charge in [-0.25, -0.2) is 0 Å². The molecule has 0 aliphatic rings. The lowest BCUT2D eigenvalue weighted by Crippen LogP contribution is -2.25. The van der Waals surface area contributed by atoms with Crippen LogP contribution in [0.25, 0.3) is 0 Å². The second-order valence-corrected chi connectivity index (χ2v) is 3.07. The summed E-state index contributed by atoms with van der Waals surface area (Å²) in [4.78, 5) is 0. The van der Waals surface area contributed by atoms with Crippen molar-refractivity contribution in [3.8, 4) is 0 Å². The number of nitrogens with one attached hydrogen (secondary N) is 1. The molecular weight excluding hydrogens is 150 g/mol. The second kappa shape index (κ2) is 4.28. The van der Waals surface area contributed by atoms with Crippen LogP contribution in [0, 0.1) is 0 Å². The van der Waals surface area contributed by atoms with Gasteiger partial charge in [0, 0.05) is 38.6 Å². The van der Waals surface area contributed by atoms with E-state index < -0.39 is 0 Å². The quantitative estimate of drug-likeness (QED) is 0.691. The summed E-state index contributed by atoms with van der Waals surface area (Å²) in [5, 5.41) is 3.32. The van der Waals surface area contributed by atoms with Crippen LogP contribution in [0.5, 0.6) is 0 Å². The molecule has 1 atom stereocenters. The van der Waals surface area contributed by atoms with Gasteiger partial charge in [-0.1, -0.05) is 0 Å². The maximum absolute atomic E-state index is 5.39. The van der Waals surface area contributed by atoms with Gasteiger partial charge in [-0.15, -0.1) is 0 Å². The smallest absolute Gasteiger partial charge is 0.0307 e. The van der Waals surface area contributed by atoms with E-state index in [1.54, 1.807) is 0 Å². The molecular formula is C9H17N3. The van der Waals surface area contributed by atoms with Crippen LogP contribution in [0.3, 0.4) is 0 Å². The van der Waals surface area contributed by atoms with E-state index in [1.165, 1.54) is 5.56 Å². The van der Waals surface area contributed by atoms with E-state index in [0.717, 1.165) is 6.54 Å². The molecule has 1 rings (SSSR count). The Labute approximate surface area is 73.6 Å². The minimum Gasteiger partial charge on any atom is -0.357 e. The van der Waals surface area contributed by atoms with Crippen molar-refractivity contribution in [2.75, 3.05) is 13.1 Å². The molecule has 3 heteroatoms. The second-order valence-electron chi connectivity index (χ2n) is 3.07. The van der Waals surface area contributed by atoms with Gasteiger partial charge in [0.15, 0.2) is 0 Å². The molecule has 0 saturated heterocycles. The van der Waals surface area contributed by atoms with Gasteiger partial charge >= 0.3 is 0 Å². The molecule has 0 spiro atoms. The molecule has 0 aliphatic heterocycles. The zero-order valence-electron chi connectivity index (χ0n) is 7.75. The number of hydrogen-bond donors (Lipinski definition) is 2. The van der Waals surface area contributed by atoms with E-state index in [9.17, 15) is 0 Å². The van der Waals surface area contributed by atoms with Gasteiger partial charge in [0.25, 0.3) is 0 Å². The summed E-state index contributed by atoms with van der Waals surface area (Å²) >= 11 is 0. The Morgan fingerprint density at radius 3 is 2.92 bits per heavy atom. The van der Waals surface area contributed by atoms with Crippen LogP contribution in [0.1, 0.15) is 18.5 Å². The van der Waals surface area contributed by atoms with Gasteiger partial charge in [-0.3, -0.25) is 0 Å². The molecule has 1 unspecified atom stereocenters. The Kier molecular flexibility index (Phi) is 3.31. The number of aromatic nitrogens is 1. The third-order valence-corrected chi connectivity index (χ3v) is 1.95. The Morgan fingerprint density at radius 1 is 1.67 bits per heavy atom. The van der Waals surface area contributed by atoms with Gasteiger partial charge in [-0.05, 0) is 18.6 Å². The first-order chi connectivity index (χ1) is 5.74. The van der Waals surface area contributed by atoms with Gasteiger partial charge in [0.05, 0.1) is 0 Å². The van der Waals surface area contributed by atoms with E-state index >= 15 is 0 Å². The molecule has 0 amide bonds. The van der Waals surface area contributed by atoms with Crippen LogP contribution in [0.15, 0.2) is 18.5 Å². The molecule has 1 heterocycles. The molecule has 3 N–H and O–H groups in total. The van der Waals surface area contributed by atoms with Crippen molar-refractivity contribution in [1.82, 2.24) is 9.88 Å². The number of aryl methyl sites for hydroxylation is 1. The van der Waals surface area contributed by atoms with Gasteiger partial charge in [0.1, 0.15) is 0 Å². The first-order valence-corrected chi connectivity index (χ1v) is 4.29. The van der Waals surface area contributed by atoms with Crippen molar-refractivity contribution in [2.45, 2.75) is 13.0 Å². The zero-order valence-corrected chi connectivity index (χ0v) is 7.75. The van der Waals surface area contributed by atoms with E-state index in [-0.39, 0.29) is 0 Å². The van der Waals surface area contributed by atoms with Crippen LogP contribution >= 0.6 is 0 Å². The first-order valence-electron chi connectivity index (χ1n) is 4.29. The molecule has 0 radical (unpaired) electrons. The van der Waals surface area contributed by atoms with Gasteiger partial charge in [0.2, 0.25) is 0 Å². The zero-order chi connectivity index (χ0) is 8.97. The van der Waals surface area contributed by atoms with E-state index in [4.69, 9.17) is 5.73 Å². The highest BCUT2D eigenvalue weighted by Gasteiger charge is 2.03. The van der Waals surface area contributed by atoms with Crippen LogP contribution in [-0.2, 0) is 7.05 Å². The molecule has 0 aliphatic carbocycles. The third kappa shape index (κ3) is 2.36. The molecule has 0 bridgehead atoms. The number of nitrogens with two attached hydrogens (primary N) is 1. The minimum atomic E-state index is 0.398. The van der Waals surface area contributed by atoms with Crippen molar-refractivity contribution in [2.24, 2.45) is 12.8 Å². The number of nitrogens with zero attached hydrogens (tertiary/aromatic N) is 1. The summed E-state index contributed by atoms with van der Waals surface area (Å²) in [6.07, 6.45) is 4.17. The molecule has 68 valence electrons. The maximum atomic E-state index is 5.39. The van der Waals surface area contributed by atoms with E-state index in [2.05, 4.69) is 35.3 Å². The van der Waals surface area contributed by atoms with Crippen molar-refractivity contribution < 1.29 is 0 Å². The Bertz CT molecular complexity index is 229. The number of hydrogen-bond acceptors (Lipinski definition) is 2. The lowest BCUT2D eigenvalue weighted by molar-refractivity contribution is 0.581. The molecule has 0 fully saturated rings. The largest absolute Gasteiger partial charge is 0.357 e. The van der Waals surface area contributed by atoms with Crippen LogP contribution in [0.4, 0.5) is 0 Å². The summed E-state index contributed by atoms with van der Waals surface area (Å²) in [5.41, 5.74) is 6.70. The van der Waals surface area contributed by atoms with E-state index in [0.29, 0.717) is 12.6 Å². The van der Waals surface area contributed by atoms with Gasteiger partial charge in [-0.2, -0.15) is 0 Å². The normalized spacial score (nSPS) is 13.2. The lowest BCUT2D eigenvalue weighted by atomic mass is 10.2. The summed E-state index contributed by atoms with van der Waals surface area (Å²) < 4.78 is 2.05. The molecule has 1 aromatic rings. The fourth-order valence-electron chi connectivity index (χ4n) is 1.20. The monoisotopic (exact) mass is 167 g/mol. The topological polar surface area (TPSA) is 43.0 Å². The predicted octanol–water partition coefficient (Wildman–Crippen LogP) is 0.634. The average Bonchev–Trinajstić information content (AvgIpc) is 2.47. The Hall–Kier alpha value is -0.800. The van der Waals surface area contributed by atoms with Crippen molar-refractivity contribution in [3.63, 3.8) is 0 Å². The summed E-state index contributed by atoms with van der Waals surface area (Å²) in [6.45, 7) is 3.71. The van der Waals surface area contributed by atoms with Crippen molar-refractivity contribution in [1.29, 1.82) is 0 Å². The molecule has 3 nitrogen and oxygen atoms in total. The van der Waals surface area contributed by atoms with Gasteiger partial charge < -0.3 is 15.6 Å². The van der Waals surface area contributed by atoms with Crippen LogP contribution in [-0.4, -0.2) is 17.7 Å². The average molecular weight is 167 g/mol. The lowest BCUT2D eigenvalue weighted by Gasteiger charge is -2.10. The third-order valence-electron chi connectivity index (χ3n) is 1.95. The summed E-state index contributed by atoms with van der Waals surface area (Å²) in [7, 11) is 2.03. The van der Waals surface area contributed by atoms with Crippen LogP contribution in [0.2, 0.25) is 0 Å². The summed E-state index contributed by atoms with van der Waals surface area (Å²) in [5.74, 6) is 0.